The van der Waals surface area contributed by atoms with Crippen molar-refractivity contribution in [3.8, 4) is 0 Å². The van der Waals surface area contributed by atoms with Crippen LogP contribution in [-0.4, -0.2) is 24.1 Å². The molecule has 1 N–H and O–H groups in total. The Morgan fingerprint density at radius 1 is 1.43 bits per heavy atom. The quantitative estimate of drug-likeness (QED) is 0.510. The van der Waals surface area contributed by atoms with E-state index in [4.69, 9.17) is 0 Å². The Bertz CT molecular complexity index is 813. The lowest BCUT2D eigenvalue weighted by molar-refractivity contribution is -0.385. The summed E-state index contributed by atoms with van der Waals surface area (Å²) in [5, 5.41) is 12.1. The molecule has 0 radical (unpaired) electrons. The topological polar surface area (TPSA) is 119 Å². The van der Waals surface area contributed by atoms with E-state index < -0.39 is 14.9 Å². The molecule has 0 aliphatic heterocycles. The van der Waals surface area contributed by atoms with Gasteiger partial charge in [-0.25, -0.2) is 13.4 Å². The van der Waals surface area contributed by atoms with Crippen molar-refractivity contribution >= 4 is 38.0 Å². The number of hydrogen-bond acceptors (Lipinski definition) is 7. The van der Waals surface area contributed by atoms with E-state index in [9.17, 15) is 23.3 Å². The van der Waals surface area contributed by atoms with Crippen LogP contribution in [0.4, 0.5) is 10.8 Å². The minimum Gasteiger partial charge on any atom is -0.293 e. The minimum absolute atomic E-state index is 0.0201. The highest BCUT2D eigenvalue weighted by Gasteiger charge is 2.19. The summed E-state index contributed by atoms with van der Waals surface area (Å²) in [6.45, 7) is 1.31. The van der Waals surface area contributed by atoms with E-state index in [2.05, 4.69) is 9.71 Å². The molecule has 0 bridgehead atoms. The highest BCUT2D eigenvalue weighted by Crippen LogP contribution is 2.22. The number of non-ortho nitro benzene ring substituents is 1. The molecule has 21 heavy (non-hydrogen) atoms. The average Bonchev–Trinajstić information content (AvgIpc) is 2.87. The summed E-state index contributed by atoms with van der Waals surface area (Å²) in [4.78, 5) is 24.7. The van der Waals surface area contributed by atoms with Gasteiger partial charge in [-0.15, -0.1) is 11.3 Å². The first-order valence-electron chi connectivity index (χ1n) is 5.53. The van der Waals surface area contributed by atoms with Gasteiger partial charge in [0, 0.05) is 24.4 Å². The number of thiazole rings is 1. The van der Waals surface area contributed by atoms with E-state index in [1.165, 1.54) is 30.5 Å². The normalized spacial score (nSPS) is 11.1. The second-order valence-corrected chi connectivity index (χ2v) is 6.49. The molecule has 8 nitrogen and oxygen atoms in total. The van der Waals surface area contributed by atoms with Crippen molar-refractivity contribution in [3.63, 3.8) is 0 Å². The van der Waals surface area contributed by atoms with Crippen LogP contribution in [0.15, 0.2) is 34.5 Å². The number of rotatable bonds is 5. The molecule has 0 spiro atoms. The highest BCUT2D eigenvalue weighted by molar-refractivity contribution is 7.93. The number of carbonyl (C=O) groups is 1. The maximum atomic E-state index is 12.1. The third-order valence-corrected chi connectivity index (χ3v) is 4.65. The lowest BCUT2D eigenvalue weighted by Gasteiger charge is -2.04. The van der Waals surface area contributed by atoms with E-state index in [1.807, 2.05) is 0 Å². The van der Waals surface area contributed by atoms with Gasteiger partial charge in [-0.05, 0) is 6.07 Å². The zero-order chi connectivity index (χ0) is 15.6. The molecule has 1 aromatic heterocycles. The molecule has 110 valence electrons. The lowest BCUT2D eigenvalue weighted by atomic mass is 10.3. The van der Waals surface area contributed by atoms with Crippen LogP contribution in [0.3, 0.4) is 0 Å². The smallest absolute Gasteiger partial charge is 0.270 e. The van der Waals surface area contributed by atoms with Gasteiger partial charge in [-0.2, -0.15) is 0 Å². The van der Waals surface area contributed by atoms with Crippen molar-refractivity contribution in [1.82, 2.24) is 4.98 Å². The number of hydrogen-bond donors (Lipinski definition) is 1. The summed E-state index contributed by atoms with van der Waals surface area (Å²) in [7, 11) is -4.00. The Kier molecular flexibility index (Phi) is 4.00. The van der Waals surface area contributed by atoms with Crippen molar-refractivity contribution in [2.45, 2.75) is 11.8 Å². The van der Waals surface area contributed by atoms with Gasteiger partial charge >= 0.3 is 0 Å². The minimum atomic E-state index is -4.00. The maximum absolute atomic E-state index is 12.1. The molecular formula is C11H9N3O5S2. The van der Waals surface area contributed by atoms with Crippen molar-refractivity contribution < 1.29 is 18.1 Å². The largest absolute Gasteiger partial charge is 0.293 e. The van der Waals surface area contributed by atoms with Crippen LogP contribution in [0.25, 0.3) is 0 Å². The molecule has 0 aliphatic rings. The summed E-state index contributed by atoms with van der Waals surface area (Å²) in [6.07, 6.45) is 0. The number of sulfonamides is 1. The van der Waals surface area contributed by atoms with Crippen molar-refractivity contribution in [3.05, 3.63) is 45.5 Å². The molecule has 0 saturated carbocycles. The third-order valence-electron chi connectivity index (χ3n) is 2.43. The van der Waals surface area contributed by atoms with E-state index in [0.717, 1.165) is 17.4 Å². The predicted octanol–water partition coefficient (Wildman–Crippen LogP) is 2.05. The van der Waals surface area contributed by atoms with Gasteiger partial charge < -0.3 is 0 Å². The SMILES string of the molecule is CC(=O)c1csc(NS(=O)(=O)c2cccc([N+](=O)[O-])c2)n1. The molecule has 1 heterocycles. The standard InChI is InChI=1S/C11H9N3O5S2/c1-7(15)10-6-20-11(12-10)13-21(18,19)9-4-2-3-8(5-9)14(16)17/h2-6H,1H3,(H,12,13). The first-order valence-corrected chi connectivity index (χ1v) is 7.89. The van der Waals surface area contributed by atoms with Crippen LogP contribution >= 0.6 is 11.3 Å². The number of anilines is 1. The fourth-order valence-electron chi connectivity index (χ4n) is 1.42. The Morgan fingerprint density at radius 3 is 2.71 bits per heavy atom. The van der Waals surface area contributed by atoms with E-state index in [1.54, 1.807) is 0 Å². The summed E-state index contributed by atoms with van der Waals surface area (Å²) in [6, 6.07) is 4.64. The zero-order valence-electron chi connectivity index (χ0n) is 10.6. The van der Waals surface area contributed by atoms with Gasteiger partial charge in [-0.3, -0.25) is 19.6 Å². The Labute approximate surface area is 123 Å². The molecule has 10 heteroatoms. The van der Waals surface area contributed by atoms with Crippen LogP contribution in [0.2, 0.25) is 0 Å². The molecule has 0 amide bonds. The second kappa shape index (κ2) is 5.58. The number of Topliss-reactive ketones (excluding diaryl/α,β-unsaturated/α-hetero) is 1. The van der Waals surface area contributed by atoms with Gasteiger partial charge in [0.25, 0.3) is 15.7 Å². The van der Waals surface area contributed by atoms with Crippen LogP contribution in [0.5, 0.6) is 0 Å². The molecule has 2 aromatic rings. The summed E-state index contributed by atoms with van der Waals surface area (Å²) in [5.74, 6) is -0.285. The van der Waals surface area contributed by atoms with Crippen molar-refractivity contribution in [2.24, 2.45) is 0 Å². The number of carbonyl (C=O) groups excluding carboxylic acids is 1. The summed E-state index contributed by atoms with van der Waals surface area (Å²) >= 11 is 0.954. The first-order chi connectivity index (χ1) is 9.79. The first kappa shape index (κ1) is 15.1. The Morgan fingerprint density at radius 2 is 2.14 bits per heavy atom. The number of benzene rings is 1. The molecule has 0 fully saturated rings. The van der Waals surface area contributed by atoms with Gasteiger partial charge in [-0.1, -0.05) is 6.07 Å². The molecule has 2 rings (SSSR count). The van der Waals surface area contributed by atoms with Gasteiger partial charge in [0.1, 0.15) is 5.69 Å². The van der Waals surface area contributed by atoms with Gasteiger partial charge in [0.2, 0.25) is 0 Å². The van der Waals surface area contributed by atoms with Crippen LogP contribution in [-0.2, 0) is 10.0 Å². The number of nitro groups is 1. The number of aromatic nitrogens is 1. The van der Waals surface area contributed by atoms with Crippen molar-refractivity contribution in [1.29, 1.82) is 0 Å². The van der Waals surface area contributed by atoms with E-state index >= 15 is 0 Å². The number of nitrogens with zero attached hydrogens (tertiary/aromatic N) is 2. The zero-order valence-corrected chi connectivity index (χ0v) is 12.3. The van der Waals surface area contributed by atoms with E-state index in [-0.39, 0.29) is 27.2 Å². The molecule has 0 saturated heterocycles. The molecule has 0 aliphatic carbocycles. The Hall–Kier alpha value is -2.33. The van der Waals surface area contributed by atoms with Crippen LogP contribution in [0, 0.1) is 10.1 Å². The van der Waals surface area contributed by atoms with Crippen LogP contribution in [0.1, 0.15) is 17.4 Å². The fourth-order valence-corrected chi connectivity index (χ4v) is 3.46. The number of nitro benzene ring substituents is 1. The molecular weight excluding hydrogens is 318 g/mol. The second-order valence-electron chi connectivity index (χ2n) is 3.95. The average molecular weight is 327 g/mol. The molecule has 1 aromatic carbocycles. The monoisotopic (exact) mass is 327 g/mol. The summed E-state index contributed by atoms with van der Waals surface area (Å²) in [5.41, 5.74) is -0.182. The van der Waals surface area contributed by atoms with Crippen LogP contribution < -0.4 is 4.72 Å². The predicted molar refractivity (Wildman–Crippen MR) is 76.0 cm³/mol. The van der Waals surface area contributed by atoms with Gasteiger partial charge in [0.05, 0.1) is 9.82 Å². The third kappa shape index (κ3) is 3.41. The van der Waals surface area contributed by atoms with E-state index in [0.29, 0.717) is 0 Å². The molecule has 0 atom stereocenters. The highest BCUT2D eigenvalue weighted by atomic mass is 32.2. The molecule has 0 unspecified atom stereocenters. The van der Waals surface area contributed by atoms with Gasteiger partial charge in [0.15, 0.2) is 10.9 Å². The fraction of sp³-hybridized carbons (Fsp3) is 0.0909. The number of nitrogens with one attached hydrogen (secondary N) is 1. The number of ketones is 1. The summed E-state index contributed by atoms with van der Waals surface area (Å²) < 4.78 is 26.4. The maximum Gasteiger partial charge on any atom is 0.270 e. The Balaban J connectivity index is 2.31. The lowest BCUT2D eigenvalue weighted by Crippen LogP contribution is -2.13. The van der Waals surface area contributed by atoms with Crippen molar-refractivity contribution in [2.75, 3.05) is 4.72 Å².